The third kappa shape index (κ3) is 2.81. The van der Waals surface area contributed by atoms with Crippen LogP contribution in [0.5, 0.6) is 11.5 Å². The van der Waals surface area contributed by atoms with Crippen molar-refractivity contribution < 1.29 is 9.47 Å². The first-order chi connectivity index (χ1) is 12.0. The lowest BCUT2D eigenvalue weighted by molar-refractivity contribution is 0.174. The molecule has 8 nitrogen and oxygen atoms in total. The second-order valence-corrected chi connectivity index (χ2v) is 6.25. The first kappa shape index (κ1) is 15.9. The molecule has 0 spiro atoms. The molecule has 128 valence electrons. The third-order valence-electron chi connectivity index (χ3n) is 3.60. The predicted molar refractivity (Wildman–Crippen MR) is 94.6 cm³/mol. The summed E-state index contributed by atoms with van der Waals surface area (Å²) >= 11 is 11.5. The van der Waals surface area contributed by atoms with Gasteiger partial charge in [-0.1, -0.05) is 11.6 Å². The number of aryl methyl sites for hydroxylation is 2. The fourth-order valence-electron chi connectivity index (χ4n) is 2.54. The summed E-state index contributed by atoms with van der Waals surface area (Å²) in [5.41, 5.74) is 2.55. The third-order valence-corrected chi connectivity index (χ3v) is 4.15. The lowest BCUT2D eigenvalue weighted by Crippen LogP contribution is -2.07. The molecule has 1 aliphatic heterocycles. The Bertz CT molecular complexity index is 1050. The van der Waals surface area contributed by atoms with Crippen molar-refractivity contribution in [3.8, 4) is 17.4 Å². The smallest absolute Gasteiger partial charge is 0.271 e. The molecular weight excluding hydrogens is 364 g/mol. The maximum Gasteiger partial charge on any atom is 0.271 e. The number of hydrogen-bond acceptors (Lipinski definition) is 6. The fraction of sp³-hybridized carbons (Fsp3) is 0.200. The highest BCUT2D eigenvalue weighted by Crippen LogP contribution is 2.39. The van der Waals surface area contributed by atoms with Crippen LogP contribution in [0.15, 0.2) is 23.3 Å². The van der Waals surface area contributed by atoms with E-state index in [1.807, 2.05) is 19.9 Å². The highest BCUT2D eigenvalue weighted by atomic mass is 35.5. The molecule has 4 rings (SSSR count). The van der Waals surface area contributed by atoms with Crippen LogP contribution in [0.3, 0.4) is 0 Å². The highest BCUT2D eigenvalue weighted by molar-refractivity contribution is 7.71. The zero-order chi connectivity index (χ0) is 17.6. The van der Waals surface area contributed by atoms with Gasteiger partial charge in [0.05, 0.1) is 16.9 Å². The van der Waals surface area contributed by atoms with Gasteiger partial charge in [-0.2, -0.15) is 14.9 Å². The maximum absolute atomic E-state index is 6.19. The minimum atomic E-state index is 0.157. The van der Waals surface area contributed by atoms with Gasteiger partial charge in [-0.15, -0.1) is 5.10 Å². The zero-order valence-electron chi connectivity index (χ0n) is 13.4. The average Bonchev–Trinajstić information content (AvgIpc) is 3.25. The van der Waals surface area contributed by atoms with Gasteiger partial charge < -0.3 is 9.47 Å². The molecule has 0 unspecified atom stereocenters. The van der Waals surface area contributed by atoms with E-state index in [4.69, 9.17) is 33.3 Å². The quantitative estimate of drug-likeness (QED) is 0.561. The van der Waals surface area contributed by atoms with Crippen LogP contribution >= 0.6 is 23.8 Å². The van der Waals surface area contributed by atoms with E-state index in [1.54, 1.807) is 23.0 Å². The molecule has 1 aliphatic rings. The molecule has 10 heteroatoms. The Kier molecular flexibility index (Phi) is 3.81. The van der Waals surface area contributed by atoms with E-state index in [2.05, 4.69) is 20.4 Å². The monoisotopic (exact) mass is 376 g/mol. The zero-order valence-corrected chi connectivity index (χ0v) is 14.9. The molecule has 3 heterocycles. The molecule has 0 saturated heterocycles. The van der Waals surface area contributed by atoms with Crippen LogP contribution in [-0.2, 0) is 0 Å². The normalized spacial score (nSPS) is 13.1. The summed E-state index contributed by atoms with van der Waals surface area (Å²) in [6.07, 6.45) is 1.62. The number of nitrogens with one attached hydrogen (secondary N) is 1. The van der Waals surface area contributed by atoms with Gasteiger partial charge in [-0.3, -0.25) is 0 Å². The Balaban J connectivity index is 1.74. The number of hydrogen-bond donors (Lipinski definition) is 1. The van der Waals surface area contributed by atoms with Crippen LogP contribution in [-0.4, -0.2) is 37.7 Å². The van der Waals surface area contributed by atoms with Crippen LogP contribution in [0.1, 0.15) is 17.0 Å². The summed E-state index contributed by atoms with van der Waals surface area (Å²) in [4.78, 5) is 0. The average molecular weight is 377 g/mol. The van der Waals surface area contributed by atoms with Crippen molar-refractivity contribution in [2.45, 2.75) is 13.8 Å². The fourth-order valence-corrected chi connectivity index (χ4v) is 2.99. The van der Waals surface area contributed by atoms with Gasteiger partial charge in [0.15, 0.2) is 11.5 Å². The Morgan fingerprint density at radius 3 is 2.92 bits per heavy atom. The standard InChI is InChI=1S/C15H13ClN6O2S/c1-8-3-9(2)21(20-8)14-18-19-15(25)22(14)17-6-10-4-11(16)13-12(5-10)23-7-24-13/h3-6H,7H2,1-2H3,(H,19,25)/b17-6-. The number of benzene rings is 1. The second-order valence-electron chi connectivity index (χ2n) is 5.46. The predicted octanol–water partition coefficient (Wildman–Crippen LogP) is 3.01. The number of halogens is 1. The molecule has 3 aromatic rings. The van der Waals surface area contributed by atoms with Crippen LogP contribution in [0, 0.1) is 18.6 Å². The molecule has 0 amide bonds. The SMILES string of the molecule is Cc1cc(C)n(-c2n[nH]c(=S)n2/N=C\c2cc(Cl)c3c(c2)OCO3)n1. The van der Waals surface area contributed by atoms with Gasteiger partial charge in [-0.25, -0.2) is 9.78 Å². The van der Waals surface area contributed by atoms with Crippen molar-refractivity contribution in [1.29, 1.82) is 0 Å². The molecule has 1 aromatic carbocycles. The van der Waals surface area contributed by atoms with Gasteiger partial charge in [0.25, 0.3) is 5.95 Å². The summed E-state index contributed by atoms with van der Waals surface area (Å²) in [6.45, 7) is 4.00. The van der Waals surface area contributed by atoms with Gasteiger partial charge in [0, 0.05) is 5.69 Å². The molecule has 0 bridgehead atoms. The first-order valence-corrected chi connectivity index (χ1v) is 8.16. The molecule has 0 fully saturated rings. The summed E-state index contributed by atoms with van der Waals surface area (Å²) in [5, 5.41) is 16.2. The molecule has 25 heavy (non-hydrogen) atoms. The summed E-state index contributed by atoms with van der Waals surface area (Å²) in [5.74, 6) is 1.60. The Morgan fingerprint density at radius 2 is 2.16 bits per heavy atom. The number of rotatable bonds is 3. The Labute approximate surface area is 152 Å². The lowest BCUT2D eigenvalue weighted by atomic mass is 10.2. The van der Waals surface area contributed by atoms with Gasteiger partial charge >= 0.3 is 0 Å². The summed E-state index contributed by atoms with van der Waals surface area (Å²) < 4.78 is 14.2. The summed E-state index contributed by atoms with van der Waals surface area (Å²) in [7, 11) is 0. The van der Waals surface area contributed by atoms with Gasteiger partial charge in [0.2, 0.25) is 11.6 Å². The van der Waals surface area contributed by atoms with E-state index < -0.39 is 0 Å². The molecule has 1 N–H and O–H groups in total. The second kappa shape index (κ2) is 6.01. The molecule has 0 saturated carbocycles. The number of fused-ring (bicyclic) bond motifs is 1. The lowest BCUT2D eigenvalue weighted by Gasteiger charge is -2.03. The molecule has 0 radical (unpaired) electrons. The van der Waals surface area contributed by atoms with Crippen molar-refractivity contribution in [2.75, 3.05) is 6.79 Å². The molecule has 0 aliphatic carbocycles. The number of nitrogens with zero attached hydrogens (tertiary/aromatic N) is 5. The number of ether oxygens (including phenoxy) is 2. The van der Waals surface area contributed by atoms with Crippen LogP contribution in [0.25, 0.3) is 5.95 Å². The Hall–Kier alpha value is -2.65. The van der Waals surface area contributed by atoms with Crippen molar-refractivity contribution in [1.82, 2.24) is 24.7 Å². The van der Waals surface area contributed by atoms with E-state index in [0.717, 1.165) is 17.0 Å². The van der Waals surface area contributed by atoms with Crippen LogP contribution in [0.2, 0.25) is 5.02 Å². The van der Waals surface area contributed by atoms with Crippen LogP contribution in [0.4, 0.5) is 0 Å². The van der Waals surface area contributed by atoms with Crippen molar-refractivity contribution in [3.63, 3.8) is 0 Å². The summed E-state index contributed by atoms with van der Waals surface area (Å²) in [6, 6.07) is 5.49. The van der Waals surface area contributed by atoms with Gasteiger partial charge in [0.1, 0.15) is 0 Å². The molecule has 2 aromatic heterocycles. The van der Waals surface area contributed by atoms with Crippen molar-refractivity contribution in [2.24, 2.45) is 5.10 Å². The molecule has 0 atom stereocenters. The van der Waals surface area contributed by atoms with E-state index >= 15 is 0 Å². The first-order valence-electron chi connectivity index (χ1n) is 7.37. The number of aromatic nitrogens is 5. The van der Waals surface area contributed by atoms with Crippen molar-refractivity contribution >= 4 is 30.0 Å². The van der Waals surface area contributed by atoms with E-state index in [9.17, 15) is 0 Å². The number of H-pyrrole nitrogens is 1. The minimum absolute atomic E-state index is 0.157. The Morgan fingerprint density at radius 1 is 1.32 bits per heavy atom. The maximum atomic E-state index is 6.19. The number of aromatic amines is 1. The molecular formula is C15H13ClN6O2S. The topological polar surface area (TPSA) is 82.2 Å². The van der Waals surface area contributed by atoms with E-state index in [1.165, 1.54) is 4.68 Å². The van der Waals surface area contributed by atoms with Gasteiger partial charge in [-0.05, 0) is 49.8 Å². The largest absolute Gasteiger partial charge is 0.454 e. The van der Waals surface area contributed by atoms with Crippen LogP contribution < -0.4 is 9.47 Å². The highest BCUT2D eigenvalue weighted by Gasteiger charge is 2.18. The van der Waals surface area contributed by atoms with E-state index in [-0.39, 0.29) is 6.79 Å². The minimum Gasteiger partial charge on any atom is -0.454 e. The van der Waals surface area contributed by atoms with Crippen molar-refractivity contribution in [3.05, 3.63) is 44.9 Å². The van der Waals surface area contributed by atoms with E-state index in [0.29, 0.717) is 27.2 Å².